The van der Waals surface area contributed by atoms with E-state index >= 15 is 0 Å². The molecule has 5 rings (SSSR count). The molecule has 0 radical (unpaired) electrons. The maximum atomic E-state index is 13.2. The maximum Gasteiger partial charge on any atom is 0.414 e. The zero-order chi connectivity index (χ0) is 26.8. The highest BCUT2D eigenvalue weighted by molar-refractivity contribution is 6.36. The van der Waals surface area contributed by atoms with E-state index in [4.69, 9.17) is 27.9 Å². The molecule has 0 atom stereocenters. The van der Waals surface area contributed by atoms with E-state index in [9.17, 15) is 14.4 Å². The Morgan fingerprint density at radius 2 is 1.76 bits per heavy atom. The fourth-order valence-corrected chi connectivity index (χ4v) is 5.44. The molecule has 2 aliphatic heterocycles. The number of ether oxygens (including phenoxy) is 1. The summed E-state index contributed by atoms with van der Waals surface area (Å²) in [5.74, 6) is -0.560. The molecule has 9 heteroatoms. The minimum atomic E-state index is -0.323. The quantitative estimate of drug-likeness (QED) is 0.375. The van der Waals surface area contributed by atoms with Gasteiger partial charge in [0.2, 0.25) is 5.91 Å². The molecule has 0 unspecified atom stereocenters. The van der Waals surface area contributed by atoms with Gasteiger partial charge < -0.3 is 10.1 Å². The SMILES string of the molecule is Cc1ccc2c(c1)COC(=O)N2C1CCN(CC(=O)Nc2ccc(Cl)cc2C(=O)c2ccccc2Cl)CC1. The number of benzene rings is 3. The van der Waals surface area contributed by atoms with Gasteiger partial charge in [-0.05, 0) is 56.2 Å². The normalized spacial score (nSPS) is 16.1. The van der Waals surface area contributed by atoms with Crippen LogP contribution in [0.4, 0.5) is 16.2 Å². The zero-order valence-electron chi connectivity index (χ0n) is 20.9. The van der Waals surface area contributed by atoms with Gasteiger partial charge in [0.25, 0.3) is 0 Å². The number of fused-ring (bicyclic) bond motifs is 1. The van der Waals surface area contributed by atoms with E-state index in [0.717, 1.165) is 16.8 Å². The number of aryl methyl sites for hydroxylation is 1. The Morgan fingerprint density at radius 1 is 1.00 bits per heavy atom. The first-order chi connectivity index (χ1) is 18.3. The fraction of sp³-hybridized carbons (Fsp3) is 0.276. The molecule has 1 saturated heterocycles. The number of halogens is 2. The molecular weight excluding hydrogens is 525 g/mol. The predicted molar refractivity (Wildman–Crippen MR) is 148 cm³/mol. The van der Waals surface area contributed by atoms with Crippen molar-refractivity contribution in [3.8, 4) is 0 Å². The van der Waals surface area contributed by atoms with E-state index in [1.54, 1.807) is 41.3 Å². The number of cyclic esters (lactones) is 1. The lowest BCUT2D eigenvalue weighted by molar-refractivity contribution is -0.117. The Balaban J connectivity index is 1.23. The third-order valence-corrected chi connectivity index (χ3v) is 7.52. The molecule has 0 bridgehead atoms. The summed E-state index contributed by atoms with van der Waals surface area (Å²) in [5, 5.41) is 3.58. The fourth-order valence-electron chi connectivity index (χ4n) is 5.05. The summed E-state index contributed by atoms with van der Waals surface area (Å²) in [4.78, 5) is 42.6. The smallest absolute Gasteiger partial charge is 0.414 e. The molecule has 0 spiro atoms. The highest BCUT2D eigenvalue weighted by Crippen LogP contribution is 2.33. The standard InChI is InChI=1S/C29H27Cl2N3O4/c1-18-6-9-26-19(14-18)17-38-29(37)34(26)21-10-12-33(13-11-21)16-27(35)32-25-8-7-20(30)15-23(25)28(36)22-4-2-3-5-24(22)31/h2-9,14-15,21H,10-13,16-17H2,1H3,(H,32,35). The number of carbonyl (C=O) groups excluding carboxylic acids is 3. The van der Waals surface area contributed by atoms with Crippen molar-refractivity contribution in [3.05, 3.63) is 93.0 Å². The Hall–Kier alpha value is -3.39. The lowest BCUT2D eigenvalue weighted by Crippen LogP contribution is -2.50. The number of hydrogen-bond acceptors (Lipinski definition) is 5. The molecule has 196 valence electrons. The third kappa shape index (κ3) is 5.55. The molecule has 3 aromatic carbocycles. The summed E-state index contributed by atoms with van der Waals surface area (Å²) >= 11 is 12.4. The van der Waals surface area contributed by atoms with Gasteiger partial charge in [0.1, 0.15) is 6.61 Å². The first kappa shape index (κ1) is 26.2. The number of ketones is 1. The van der Waals surface area contributed by atoms with Gasteiger partial charge in [0.15, 0.2) is 5.78 Å². The van der Waals surface area contributed by atoms with E-state index in [0.29, 0.717) is 47.2 Å². The lowest BCUT2D eigenvalue weighted by Gasteiger charge is -2.40. The summed E-state index contributed by atoms with van der Waals surface area (Å²) in [6.45, 7) is 3.76. The van der Waals surface area contributed by atoms with Crippen molar-refractivity contribution >= 4 is 52.4 Å². The van der Waals surface area contributed by atoms with E-state index in [-0.39, 0.29) is 42.5 Å². The number of nitrogens with one attached hydrogen (secondary N) is 1. The second kappa shape index (κ2) is 11.2. The molecule has 2 heterocycles. The van der Waals surface area contributed by atoms with Gasteiger partial charge in [0.05, 0.1) is 22.9 Å². The molecule has 3 aromatic rings. The van der Waals surface area contributed by atoms with Crippen molar-refractivity contribution in [2.45, 2.75) is 32.4 Å². The van der Waals surface area contributed by atoms with Gasteiger partial charge in [0, 0.05) is 40.8 Å². The Kier molecular flexibility index (Phi) is 7.70. The van der Waals surface area contributed by atoms with Crippen LogP contribution in [0, 0.1) is 6.92 Å². The number of carbonyl (C=O) groups is 3. The van der Waals surface area contributed by atoms with Gasteiger partial charge in [-0.1, -0.05) is 53.0 Å². The summed E-state index contributed by atoms with van der Waals surface area (Å²) in [6.07, 6.45) is 1.11. The third-order valence-electron chi connectivity index (χ3n) is 6.95. The van der Waals surface area contributed by atoms with Crippen LogP contribution in [0.2, 0.25) is 10.0 Å². The number of likely N-dealkylation sites (tertiary alicyclic amines) is 1. The van der Waals surface area contributed by atoms with Crippen molar-refractivity contribution in [2.24, 2.45) is 0 Å². The number of rotatable bonds is 6. The van der Waals surface area contributed by atoms with Crippen LogP contribution in [0.25, 0.3) is 0 Å². The molecular formula is C29H27Cl2N3O4. The van der Waals surface area contributed by atoms with Crippen molar-refractivity contribution in [3.63, 3.8) is 0 Å². The van der Waals surface area contributed by atoms with Crippen LogP contribution in [0.3, 0.4) is 0 Å². The van der Waals surface area contributed by atoms with Gasteiger partial charge in [-0.2, -0.15) is 0 Å². The molecule has 1 fully saturated rings. The number of hydrogen-bond donors (Lipinski definition) is 1. The first-order valence-electron chi connectivity index (χ1n) is 12.5. The Bertz CT molecular complexity index is 1400. The van der Waals surface area contributed by atoms with Crippen molar-refractivity contribution in [1.29, 1.82) is 0 Å². The van der Waals surface area contributed by atoms with E-state index in [1.807, 2.05) is 24.0 Å². The van der Waals surface area contributed by atoms with Crippen LogP contribution in [0.15, 0.2) is 60.7 Å². The minimum absolute atomic E-state index is 0.000298. The lowest BCUT2D eigenvalue weighted by atomic mass is 10.00. The second-order valence-electron chi connectivity index (χ2n) is 9.61. The molecule has 2 amide bonds. The molecule has 0 saturated carbocycles. The molecule has 0 aromatic heterocycles. The monoisotopic (exact) mass is 551 g/mol. The van der Waals surface area contributed by atoms with Crippen molar-refractivity contribution < 1.29 is 19.1 Å². The maximum absolute atomic E-state index is 13.2. The topological polar surface area (TPSA) is 79.0 Å². The van der Waals surface area contributed by atoms with Gasteiger partial charge in [-0.3, -0.25) is 19.4 Å². The second-order valence-corrected chi connectivity index (χ2v) is 10.5. The van der Waals surface area contributed by atoms with Crippen LogP contribution >= 0.6 is 23.2 Å². The summed E-state index contributed by atoms with van der Waals surface area (Å²) in [6, 6.07) is 17.6. The van der Waals surface area contributed by atoms with E-state index in [2.05, 4.69) is 11.4 Å². The predicted octanol–water partition coefficient (Wildman–Crippen LogP) is 6.09. The zero-order valence-corrected chi connectivity index (χ0v) is 22.4. The van der Waals surface area contributed by atoms with Crippen molar-refractivity contribution in [2.75, 3.05) is 29.9 Å². The molecule has 38 heavy (non-hydrogen) atoms. The van der Waals surface area contributed by atoms with Crippen LogP contribution in [0.1, 0.15) is 39.9 Å². The number of piperidine rings is 1. The van der Waals surface area contributed by atoms with Crippen LogP contribution in [-0.2, 0) is 16.1 Å². The molecule has 0 aliphatic carbocycles. The Morgan fingerprint density at radius 3 is 2.53 bits per heavy atom. The number of nitrogens with zero attached hydrogens (tertiary/aromatic N) is 2. The summed E-state index contributed by atoms with van der Waals surface area (Å²) in [7, 11) is 0. The molecule has 2 aliphatic rings. The van der Waals surface area contributed by atoms with Gasteiger partial charge >= 0.3 is 6.09 Å². The van der Waals surface area contributed by atoms with Gasteiger partial charge in [-0.25, -0.2) is 4.79 Å². The van der Waals surface area contributed by atoms with Crippen LogP contribution < -0.4 is 10.2 Å². The summed E-state index contributed by atoms with van der Waals surface area (Å²) < 4.78 is 5.43. The first-order valence-corrected chi connectivity index (χ1v) is 13.2. The summed E-state index contributed by atoms with van der Waals surface area (Å²) in [5.41, 5.74) is 4.03. The van der Waals surface area contributed by atoms with Crippen LogP contribution in [0.5, 0.6) is 0 Å². The highest BCUT2D eigenvalue weighted by Gasteiger charge is 2.34. The highest BCUT2D eigenvalue weighted by atomic mass is 35.5. The van der Waals surface area contributed by atoms with Crippen LogP contribution in [-0.4, -0.2) is 48.4 Å². The Labute approximate surface area is 231 Å². The minimum Gasteiger partial charge on any atom is -0.444 e. The molecule has 1 N–H and O–H groups in total. The van der Waals surface area contributed by atoms with E-state index in [1.165, 1.54) is 6.07 Å². The number of amides is 2. The van der Waals surface area contributed by atoms with Gasteiger partial charge in [-0.15, -0.1) is 0 Å². The average Bonchev–Trinajstić information content (AvgIpc) is 2.90. The number of anilines is 2. The van der Waals surface area contributed by atoms with E-state index < -0.39 is 0 Å². The average molecular weight is 552 g/mol. The largest absolute Gasteiger partial charge is 0.444 e. The van der Waals surface area contributed by atoms with Crippen molar-refractivity contribution in [1.82, 2.24) is 4.90 Å². The molecule has 7 nitrogen and oxygen atoms in total.